The van der Waals surface area contributed by atoms with Gasteiger partial charge in [-0.1, -0.05) is 43.7 Å². The molecule has 0 amide bonds. The van der Waals surface area contributed by atoms with Crippen LogP contribution in [0.5, 0.6) is 0 Å². The van der Waals surface area contributed by atoms with Gasteiger partial charge in [-0.2, -0.15) is 0 Å². The van der Waals surface area contributed by atoms with Crippen LogP contribution in [0.2, 0.25) is 0 Å². The minimum absolute atomic E-state index is 0.149. The van der Waals surface area contributed by atoms with Gasteiger partial charge in [0.25, 0.3) is 0 Å². The fourth-order valence-corrected chi connectivity index (χ4v) is 2.74. The zero-order chi connectivity index (χ0) is 14.3. The standard InChI is InChI=1S/C18H26O2/c1-3-10-17(18(2)13-8-5-9-14-20-18)19-15-16-11-6-4-7-12-16/h4,6-7,9,11-12,14,17H,3,5,8,10,13,15H2,1-2H3. The minimum atomic E-state index is -0.197. The summed E-state index contributed by atoms with van der Waals surface area (Å²) < 4.78 is 12.2. The summed E-state index contributed by atoms with van der Waals surface area (Å²) in [6, 6.07) is 10.4. The van der Waals surface area contributed by atoms with Crippen molar-refractivity contribution in [3.8, 4) is 0 Å². The van der Waals surface area contributed by atoms with Crippen molar-refractivity contribution in [3.05, 3.63) is 48.2 Å². The molecule has 0 saturated carbocycles. The van der Waals surface area contributed by atoms with Gasteiger partial charge in [-0.15, -0.1) is 0 Å². The van der Waals surface area contributed by atoms with E-state index in [1.807, 2.05) is 12.3 Å². The maximum atomic E-state index is 6.21. The van der Waals surface area contributed by atoms with Crippen LogP contribution in [0.25, 0.3) is 0 Å². The van der Waals surface area contributed by atoms with Crippen LogP contribution in [-0.4, -0.2) is 11.7 Å². The molecule has 2 atom stereocenters. The third-order valence-corrected chi connectivity index (χ3v) is 4.00. The molecule has 0 fully saturated rings. The Morgan fingerprint density at radius 1 is 1.30 bits per heavy atom. The largest absolute Gasteiger partial charge is 0.493 e. The van der Waals surface area contributed by atoms with Gasteiger partial charge in [0.1, 0.15) is 5.60 Å². The topological polar surface area (TPSA) is 18.5 Å². The molecule has 0 radical (unpaired) electrons. The maximum absolute atomic E-state index is 6.21. The third kappa shape index (κ3) is 4.11. The lowest BCUT2D eigenvalue weighted by Gasteiger charge is -2.36. The Bertz CT molecular complexity index is 413. The van der Waals surface area contributed by atoms with Crippen LogP contribution in [-0.2, 0) is 16.1 Å². The monoisotopic (exact) mass is 274 g/mol. The lowest BCUT2D eigenvalue weighted by Crippen LogP contribution is -2.42. The Morgan fingerprint density at radius 3 is 2.85 bits per heavy atom. The first kappa shape index (κ1) is 15.1. The molecule has 20 heavy (non-hydrogen) atoms. The number of ether oxygens (including phenoxy) is 2. The van der Waals surface area contributed by atoms with Gasteiger partial charge in [-0.05, 0) is 44.2 Å². The predicted octanol–water partition coefficient (Wildman–Crippen LogP) is 4.84. The van der Waals surface area contributed by atoms with Crippen molar-refractivity contribution < 1.29 is 9.47 Å². The molecule has 0 aliphatic carbocycles. The van der Waals surface area contributed by atoms with E-state index in [2.05, 4.69) is 44.2 Å². The summed E-state index contributed by atoms with van der Waals surface area (Å²) in [4.78, 5) is 0. The second-order valence-corrected chi connectivity index (χ2v) is 5.77. The number of benzene rings is 1. The maximum Gasteiger partial charge on any atom is 0.131 e. The molecule has 110 valence electrons. The van der Waals surface area contributed by atoms with Gasteiger partial charge in [0.15, 0.2) is 0 Å². The van der Waals surface area contributed by atoms with E-state index in [4.69, 9.17) is 9.47 Å². The van der Waals surface area contributed by atoms with E-state index in [1.165, 1.54) is 12.0 Å². The van der Waals surface area contributed by atoms with Crippen LogP contribution in [0.1, 0.15) is 51.5 Å². The molecule has 2 nitrogen and oxygen atoms in total. The Morgan fingerprint density at radius 2 is 2.10 bits per heavy atom. The molecule has 0 N–H and O–H groups in total. The van der Waals surface area contributed by atoms with E-state index in [-0.39, 0.29) is 11.7 Å². The van der Waals surface area contributed by atoms with Crippen molar-refractivity contribution in [2.75, 3.05) is 0 Å². The smallest absolute Gasteiger partial charge is 0.131 e. The molecule has 2 unspecified atom stereocenters. The quantitative estimate of drug-likeness (QED) is 0.738. The first-order chi connectivity index (χ1) is 9.74. The summed E-state index contributed by atoms with van der Waals surface area (Å²) >= 11 is 0. The van der Waals surface area contributed by atoms with Crippen LogP contribution >= 0.6 is 0 Å². The van der Waals surface area contributed by atoms with Crippen LogP contribution in [0.4, 0.5) is 0 Å². The second-order valence-electron chi connectivity index (χ2n) is 5.77. The number of rotatable bonds is 6. The number of allylic oxidation sites excluding steroid dienone is 1. The molecule has 1 heterocycles. The summed E-state index contributed by atoms with van der Waals surface area (Å²) in [6.07, 6.45) is 9.61. The lowest BCUT2D eigenvalue weighted by atomic mass is 9.90. The highest BCUT2D eigenvalue weighted by Gasteiger charge is 2.36. The van der Waals surface area contributed by atoms with Gasteiger partial charge in [0.2, 0.25) is 0 Å². The summed E-state index contributed by atoms with van der Waals surface area (Å²) in [5.74, 6) is 0. The fourth-order valence-electron chi connectivity index (χ4n) is 2.74. The van der Waals surface area contributed by atoms with Crippen molar-refractivity contribution in [2.24, 2.45) is 0 Å². The minimum Gasteiger partial charge on any atom is -0.493 e. The average Bonchev–Trinajstić information content (AvgIpc) is 2.70. The van der Waals surface area contributed by atoms with Crippen molar-refractivity contribution in [2.45, 2.75) is 64.3 Å². The Hall–Kier alpha value is -1.28. The van der Waals surface area contributed by atoms with E-state index in [0.29, 0.717) is 6.61 Å². The normalized spacial score (nSPS) is 23.9. The highest BCUT2D eigenvalue weighted by atomic mass is 16.5. The van der Waals surface area contributed by atoms with Crippen LogP contribution in [0.3, 0.4) is 0 Å². The molecule has 1 aromatic rings. The van der Waals surface area contributed by atoms with Gasteiger partial charge in [0.05, 0.1) is 19.0 Å². The molecular weight excluding hydrogens is 248 g/mol. The van der Waals surface area contributed by atoms with Crippen LogP contribution < -0.4 is 0 Å². The molecule has 2 rings (SSSR count). The lowest BCUT2D eigenvalue weighted by molar-refractivity contribution is -0.116. The fraction of sp³-hybridized carbons (Fsp3) is 0.556. The zero-order valence-corrected chi connectivity index (χ0v) is 12.7. The van der Waals surface area contributed by atoms with Crippen LogP contribution in [0, 0.1) is 0 Å². The van der Waals surface area contributed by atoms with Gasteiger partial charge in [-0.25, -0.2) is 0 Å². The van der Waals surface area contributed by atoms with Crippen LogP contribution in [0.15, 0.2) is 42.7 Å². The first-order valence-corrected chi connectivity index (χ1v) is 7.73. The highest BCUT2D eigenvalue weighted by Crippen LogP contribution is 2.31. The van der Waals surface area contributed by atoms with E-state index in [9.17, 15) is 0 Å². The van der Waals surface area contributed by atoms with E-state index in [0.717, 1.165) is 25.7 Å². The Balaban J connectivity index is 2.00. The molecular formula is C18H26O2. The van der Waals surface area contributed by atoms with Crippen molar-refractivity contribution in [1.29, 1.82) is 0 Å². The summed E-state index contributed by atoms with van der Waals surface area (Å²) in [6.45, 7) is 5.05. The van der Waals surface area contributed by atoms with E-state index >= 15 is 0 Å². The molecule has 0 aromatic heterocycles. The Labute approximate surface area is 122 Å². The summed E-state index contributed by atoms with van der Waals surface area (Å²) in [7, 11) is 0. The molecule has 0 saturated heterocycles. The molecule has 2 heteroatoms. The predicted molar refractivity (Wildman–Crippen MR) is 82.4 cm³/mol. The van der Waals surface area contributed by atoms with Crippen molar-refractivity contribution >= 4 is 0 Å². The SMILES string of the molecule is CCCC(OCc1ccccc1)C1(C)CCCC=CO1. The average molecular weight is 274 g/mol. The first-order valence-electron chi connectivity index (χ1n) is 7.73. The molecule has 1 aliphatic heterocycles. The van der Waals surface area contributed by atoms with Crippen molar-refractivity contribution in [1.82, 2.24) is 0 Å². The Kier molecular flexibility index (Phi) is 5.66. The van der Waals surface area contributed by atoms with Gasteiger partial charge < -0.3 is 9.47 Å². The number of hydrogen-bond acceptors (Lipinski definition) is 2. The molecule has 1 aromatic carbocycles. The summed E-state index contributed by atoms with van der Waals surface area (Å²) in [5.41, 5.74) is 1.03. The second kappa shape index (κ2) is 7.49. The van der Waals surface area contributed by atoms with Gasteiger partial charge in [0, 0.05) is 0 Å². The summed E-state index contributed by atoms with van der Waals surface area (Å²) in [5, 5.41) is 0. The van der Waals surface area contributed by atoms with Gasteiger partial charge >= 0.3 is 0 Å². The highest BCUT2D eigenvalue weighted by molar-refractivity contribution is 5.13. The zero-order valence-electron chi connectivity index (χ0n) is 12.7. The molecule has 1 aliphatic rings. The van der Waals surface area contributed by atoms with E-state index < -0.39 is 0 Å². The molecule has 0 spiro atoms. The van der Waals surface area contributed by atoms with E-state index in [1.54, 1.807) is 0 Å². The third-order valence-electron chi connectivity index (χ3n) is 4.00. The van der Waals surface area contributed by atoms with Crippen molar-refractivity contribution in [3.63, 3.8) is 0 Å². The molecule has 0 bridgehead atoms. The number of hydrogen-bond donors (Lipinski definition) is 0. The van der Waals surface area contributed by atoms with Gasteiger partial charge in [-0.3, -0.25) is 0 Å².